The minimum atomic E-state index is -0.0665. The molecule has 1 aliphatic rings. The van der Waals surface area contributed by atoms with E-state index in [9.17, 15) is 9.59 Å². The van der Waals surface area contributed by atoms with Gasteiger partial charge in [-0.15, -0.1) is 0 Å². The van der Waals surface area contributed by atoms with E-state index in [-0.39, 0.29) is 17.9 Å². The van der Waals surface area contributed by atoms with Crippen molar-refractivity contribution >= 4 is 23.4 Å². The number of halogens is 1. The van der Waals surface area contributed by atoms with Gasteiger partial charge in [0.2, 0.25) is 5.91 Å². The Bertz CT molecular complexity index is 961. The SMILES string of the molecule is CCN1CCCCCCN(C(=O)Cc2ccc(Cl)cc2)[C@@H](CC(C)C)COc2ccccc2C1=O. The molecule has 0 radical (unpaired) electrons. The fourth-order valence-corrected chi connectivity index (χ4v) is 4.81. The van der Waals surface area contributed by atoms with Crippen molar-refractivity contribution in [3.05, 3.63) is 64.7 Å². The van der Waals surface area contributed by atoms with Gasteiger partial charge < -0.3 is 14.5 Å². The Morgan fingerprint density at radius 1 is 1.03 bits per heavy atom. The van der Waals surface area contributed by atoms with Crippen molar-refractivity contribution in [2.24, 2.45) is 5.92 Å². The predicted octanol–water partition coefficient (Wildman–Crippen LogP) is 6.24. The molecule has 6 heteroatoms. The molecule has 2 aromatic carbocycles. The molecule has 0 unspecified atom stereocenters. The van der Waals surface area contributed by atoms with Gasteiger partial charge in [0.25, 0.3) is 5.91 Å². The van der Waals surface area contributed by atoms with Gasteiger partial charge >= 0.3 is 0 Å². The predicted molar refractivity (Wildman–Crippen MR) is 142 cm³/mol. The number of ether oxygens (including phenoxy) is 1. The normalized spacial score (nSPS) is 18.1. The van der Waals surface area contributed by atoms with Crippen LogP contribution < -0.4 is 4.74 Å². The van der Waals surface area contributed by atoms with E-state index in [1.165, 1.54) is 0 Å². The van der Waals surface area contributed by atoms with Gasteiger partial charge in [-0.3, -0.25) is 9.59 Å². The summed E-state index contributed by atoms with van der Waals surface area (Å²) in [5.74, 6) is 1.11. The summed E-state index contributed by atoms with van der Waals surface area (Å²) in [6.07, 6.45) is 5.14. The first-order valence-corrected chi connectivity index (χ1v) is 13.3. The van der Waals surface area contributed by atoms with E-state index in [1.807, 2.05) is 65.3 Å². The first kappa shape index (κ1) is 27.1. The summed E-state index contributed by atoms with van der Waals surface area (Å²) < 4.78 is 6.30. The number of rotatable bonds is 5. The fourth-order valence-electron chi connectivity index (χ4n) is 4.69. The summed E-state index contributed by atoms with van der Waals surface area (Å²) in [7, 11) is 0. The van der Waals surface area contributed by atoms with E-state index in [4.69, 9.17) is 16.3 Å². The zero-order chi connectivity index (χ0) is 25.2. The summed E-state index contributed by atoms with van der Waals surface area (Å²) in [6, 6.07) is 14.9. The van der Waals surface area contributed by atoms with Crippen LogP contribution in [0.2, 0.25) is 5.02 Å². The molecular formula is C29H39ClN2O3. The lowest BCUT2D eigenvalue weighted by Crippen LogP contribution is -2.46. The highest BCUT2D eigenvalue weighted by atomic mass is 35.5. The van der Waals surface area contributed by atoms with Crippen molar-refractivity contribution in [1.29, 1.82) is 0 Å². The molecule has 35 heavy (non-hydrogen) atoms. The number of hydrogen-bond acceptors (Lipinski definition) is 3. The summed E-state index contributed by atoms with van der Waals surface area (Å²) in [6.45, 7) is 8.85. The van der Waals surface area contributed by atoms with E-state index in [2.05, 4.69) is 13.8 Å². The van der Waals surface area contributed by atoms with Crippen molar-refractivity contribution in [3.63, 3.8) is 0 Å². The van der Waals surface area contributed by atoms with Gasteiger partial charge in [0.05, 0.1) is 18.0 Å². The summed E-state index contributed by atoms with van der Waals surface area (Å²) in [5.41, 5.74) is 1.55. The Morgan fingerprint density at radius 2 is 1.71 bits per heavy atom. The summed E-state index contributed by atoms with van der Waals surface area (Å²) in [4.78, 5) is 30.7. The molecule has 0 saturated heterocycles. The molecule has 0 spiro atoms. The standard InChI is InChI=1S/C29H39ClN2O3/c1-4-31-17-9-5-6-10-18-32(28(33)20-23-13-15-24(30)16-14-23)25(19-22(2)3)21-35-27-12-8-7-11-26(27)29(31)34/h7-8,11-16,22,25H,4-6,9-10,17-21H2,1-3H3/t25-/m0/s1. The van der Waals surface area contributed by atoms with Crippen LogP contribution in [-0.2, 0) is 11.2 Å². The molecule has 0 aliphatic carbocycles. The molecule has 2 amide bonds. The zero-order valence-electron chi connectivity index (χ0n) is 21.3. The van der Waals surface area contributed by atoms with E-state index in [0.29, 0.717) is 48.4 Å². The maximum Gasteiger partial charge on any atom is 0.257 e. The average Bonchev–Trinajstić information content (AvgIpc) is 2.84. The highest BCUT2D eigenvalue weighted by Crippen LogP contribution is 2.24. The van der Waals surface area contributed by atoms with Gasteiger partial charge in [0.1, 0.15) is 12.4 Å². The van der Waals surface area contributed by atoms with Gasteiger partial charge in [-0.05, 0) is 61.9 Å². The molecular weight excluding hydrogens is 460 g/mol. The topological polar surface area (TPSA) is 49.9 Å². The average molecular weight is 499 g/mol. The van der Waals surface area contributed by atoms with Gasteiger partial charge in [0, 0.05) is 24.7 Å². The molecule has 3 rings (SSSR count). The zero-order valence-corrected chi connectivity index (χ0v) is 22.1. The number of amides is 2. The second-order valence-electron chi connectivity index (χ2n) is 9.78. The third-order valence-corrected chi connectivity index (χ3v) is 6.82. The number of carbonyl (C=O) groups is 2. The number of benzene rings is 2. The lowest BCUT2D eigenvalue weighted by Gasteiger charge is -2.34. The monoisotopic (exact) mass is 498 g/mol. The first-order chi connectivity index (χ1) is 16.9. The first-order valence-electron chi connectivity index (χ1n) is 12.9. The van der Waals surface area contributed by atoms with Crippen molar-refractivity contribution in [2.75, 3.05) is 26.2 Å². The van der Waals surface area contributed by atoms with Crippen LogP contribution in [0, 0.1) is 5.92 Å². The number of fused-ring (bicyclic) bond motifs is 1. The third kappa shape index (κ3) is 7.99. The van der Waals surface area contributed by atoms with Gasteiger partial charge in [-0.1, -0.05) is 62.6 Å². The maximum absolute atomic E-state index is 13.5. The lowest BCUT2D eigenvalue weighted by atomic mass is 10.0. The smallest absolute Gasteiger partial charge is 0.257 e. The summed E-state index contributed by atoms with van der Waals surface area (Å²) >= 11 is 6.04. The van der Waals surface area contributed by atoms with Crippen molar-refractivity contribution in [3.8, 4) is 5.75 Å². The number of nitrogens with zero attached hydrogens (tertiary/aromatic N) is 2. The Morgan fingerprint density at radius 3 is 2.40 bits per heavy atom. The van der Waals surface area contributed by atoms with Crippen LogP contribution in [0.4, 0.5) is 0 Å². The van der Waals surface area contributed by atoms with E-state index >= 15 is 0 Å². The number of para-hydroxylation sites is 1. The largest absolute Gasteiger partial charge is 0.491 e. The quantitative estimate of drug-likeness (QED) is 0.490. The lowest BCUT2D eigenvalue weighted by molar-refractivity contribution is -0.134. The van der Waals surface area contributed by atoms with Crippen LogP contribution in [0.1, 0.15) is 68.8 Å². The van der Waals surface area contributed by atoms with Crippen LogP contribution in [0.5, 0.6) is 5.75 Å². The van der Waals surface area contributed by atoms with Gasteiger partial charge in [-0.2, -0.15) is 0 Å². The van der Waals surface area contributed by atoms with E-state index in [0.717, 1.165) is 44.2 Å². The van der Waals surface area contributed by atoms with Crippen LogP contribution >= 0.6 is 11.6 Å². The molecule has 0 aromatic heterocycles. The summed E-state index contributed by atoms with van der Waals surface area (Å²) in [5, 5.41) is 0.667. The van der Waals surface area contributed by atoms with Gasteiger partial charge in [0.15, 0.2) is 0 Å². The molecule has 0 N–H and O–H groups in total. The Balaban J connectivity index is 1.87. The minimum absolute atomic E-state index is 0.0104. The van der Waals surface area contributed by atoms with E-state index < -0.39 is 0 Å². The number of hydrogen-bond donors (Lipinski definition) is 0. The molecule has 1 atom stereocenters. The third-order valence-electron chi connectivity index (χ3n) is 6.57. The highest BCUT2D eigenvalue weighted by molar-refractivity contribution is 6.30. The Hall–Kier alpha value is -2.53. The second-order valence-corrected chi connectivity index (χ2v) is 10.2. The maximum atomic E-state index is 13.5. The Kier molecular flexibility index (Phi) is 10.5. The fraction of sp³-hybridized carbons (Fsp3) is 0.517. The highest BCUT2D eigenvalue weighted by Gasteiger charge is 2.27. The molecule has 0 fully saturated rings. The molecule has 1 heterocycles. The van der Waals surface area contributed by atoms with Crippen LogP contribution in [-0.4, -0.2) is 53.9 Å². The van der Waals surface area contributed by atoms with Crippen LogP contribution in [0.25, 0.3) is 0 Å². The number of carbonyl (C=O) groups excluding carboxylic acids is 2. The van der Waals surface area contributed by atoms with Crippen molar-refractivity contribution in [2.45, 2.75) is 65.3 Å². The van der Waals surface area contributed by atoms with Crippen molar-refractivity contribution in [1.82, 2.24) is 9.80 Å². The van der Waals surface area contributed by atoms with Crippen molar-refractivity contribution < 1.29 is 14.3 Å². The van der Waals surface area contributed by atoms with E-state index in [1.54, 1.807) is 0 Å². The Labute approximate surface area is 215 Å². The van der Waals surface area contributed by atoms with Gasteiger partial charge in [-0.25, -0.2) is 0 Å². The molecule has 190 valence electrons. The molecule has 0 saturated carbocycles. The van der Waals surface area contributed by atoms with Crippen LogP contribution in [0.15, 0.2) is 48.5 Å². The minimum Gasteiger partial charge on any atom is -0.491 e. The second kappa shape index (κ2) is 13.5. The molecule has 1 aliphatic heterocycles. The molecule has 0 bridgehead atoms. The molecule has 2 aromatic rings. The molecule has 5 nitrogen and oxygen atoms in total. The van der Waals surface area contributed by atoms with Crippen LogP contribution in [0.3, 0.4) is 0 Å².